The molecular weight excluding hydrogens is 422 g/mol. The Morgan fingerprint density at radius 3 is 2.59 bits per heavy atom. The van der Waals surface area contributed by atoms with E-state index in [0.29, 0.717) is 5.75 Å². The van der Waals surface area contributed by atoms with Crippen molar-refractivity contribution in [3.05, 3.63) is 30.3 Å². The van der Waals surface area contributed by atoms with Gasteiger partial charge in [-0.1, -0.05) is 36.9 Å². The monoisotopic (exact) mass is 457 g/mol. The summed E-state index contributed by atoms with van der Waals surface area (Å²) in [5, 5.41) is 9.87. The van der Waals surface area contributed by atoms with Gasteiger partial charge in [-0.05, 0) is 57.6 Å². The van der Waals surface area contributed by atoms with Gasteiger partial charge in [0.05, 0.1) is 18.4 Å². The van der Waals surface area contributed by atoms with Gasteiger partial charge < -0.3 is 14.5 Å². The molecule has 174 valence electrons. The number of carbonyl (C=O) groups excluding carboxylic acids is 1. The van der Waals surface area contributed by atoms with Crippen LogP contribution in [-0.2, 0) is 16.1 Å². The predicted molar refractivity (Wildman–Crippen MR) is 129 cm³/mol. The molecule has 1 unspecified atom stereocenters. The number of aromatic nitrogens is 3. The van der Waals surface area contributed by atoms with Crippen molar-refractivity contribution in [2.75, 3.05) is 35.2 Å². The lowest BCUT2D eigenvalue weighted by atomic mass is 10.00. The van der Waals surface area contributed by atoms with Crippen molar-refractivity contribution in [2.45, 2.75) is 70.3 Å². The standard InChI is InChI=1S/C24H35N5O2S/c1-18(2)29(20-8-5-4-6-9-20)22(30)17-32-24-26-25-23(27-13-11-19(3)12-14-27)28(24)16-21-10-7-15-31-21/h4-6,8-9,18-19,21H,7,10-17H2,1-3H3. The number of anilines is 2. The second kappa shape index (κ2) is 10.7. The van der Waals surface area contributed by atoms with Gasteiger partial charge in [-0.3, -0.25) is 9.36 Å². The van der Waals surface area contributed by atoms with Crippen LogP contribution in [-0.4, -0.2) is 58.3 Å². The van der Waals surface area contributed by atoms with Crippen LogP contribution in [0.2, 0.25) is 0 Å². The second-order valence-electron chi connectivity index (χ2n) is 9.18. The molecule has 0 spiro atoms. The van der Waals surface area contributed by atoms with Crippen molar-refractivity contribution in [3.8, 4) is 0 Å². The average Bonchev–Trinajstić information content (AvgIpc) is 3.44. The summed E-state index contributed by atoms with van der Waals surface area (Å²) in [4.78, 5) is 17.4. The fourth-order valence-corrected chi connectivity index (χ4v) is 5.30. The van der Waals surface area contributed by atoms with Crippen LogP contribution in [0.4, 0.5) is 11.6 Å². The van der Waals surface area contributed by atoms with Crippen LogP contribution in [0.3, 0.4) is 0 Å². The summed E-state index contributed by atoms with van der Waals surface area (Å²) in [6, 6.07) is 9.96. The van der Waals surface area contributed by atoms with Crippen LogP contribution < -0.4 is 9.80 Å². The fourth-order valence-electron chi connectivity index (χ4n) is 4.50. The summed E-state index contributed by atoms with van der Waals surface area (Å²) < 4.78 is 8.10. The first-order valence-electron chi connectivity index (χ1n) is 11.8. The largest absolute Gasteiger partial charge is 0.376 e. The first-order valence-corrected chi connectivity index (χ1v) is 12.8. The van der Waals surface area contributed by atoms with Crippen LogP contribution in [0, 0.1) is 5.92 Å². The molecular formula is C24H35N5O2S. The molecule has 4 rings (SSSR count). The van der Waals surface area contributed by atoms with Crippen molar-refractivity contribution in [3.63, 3.8) is 0 Å². The van der Waals surface area contributed by atoms with Crippen LogP contribution in [0.15, 0.2) is 35.5 Å². The lowest BCUT2D eigenvalue weighted by Gasteiger charge is -2.31. The van der Waals surface area contributed by atoms with Crippen LogP contribution in [0.5, 0.6) is 0 Å². The normalized spacial score (nSPS) is 19.6. The Labute approximate surface area is 195 Å². The summed E-state index contributed by atoms with van der Waals surface area (Å²) in [5.74, 6) is 2.09. The van der Waals surface area contributed by atoms with E-state index >= 15 is 0 Å². The highest BCUT2D eigenvalue weighted by molar-refractivity contribution is 7.99. The molecule has 0 aliphatic carbocycles. The minimum atomic E-state index is 0.0798. The number of carbonyl (C=O) groups is 1. The Hall–Kier alpha value is -2.06. The molecule has 3 heterocycles. The van der Waals surface area contributed by atoms with E-state index in [4.69, 9.17) is 4.74 Å². The number of ether oxygens (including phenoxy) is 1. The number of para-hydroxylation sites is 1. The molecule has 0 saturated carbocycles. The Morgan fingerprint density at radius 1 is 1.19 bits per heavy atom. The fraction of sp³-hybridized carbons (Fsp3) is 0.625. The number of amides is 1. The summed E-state index contributed by atoms with van der Waals surface area (Å²) in [7, 11) is 0. The summed E-state index contributed by atoms with van der Waals surface area (Å²) >= 11 is 1.48. The van der Waals surface area contributed by atoms with Gasteiger partial charge in [-0.15, -0.1) is 10.2 Å². The third kappa shape index (κ3) is 5.46. The first kappa shape index (κ1) is 23.1. The SMILES string of the molecule is CC1CCN(c2nnc(SCC(=O)N(c3ccccc3)C(C)C)n2CC2CCCO2)CC1. The van der Waals surface area contributed by atoms with E-state index in [2.05, 4.69) is 26.6 Å². The van der Waals surface area contributed by atoms with Gasteiger partial charge in [0.2, 0.25) is 11.9 Å². The molecule has 1 aromatic carbocycles. The maximum Gasteiger partial charge on any atom is 0.237 e. The predicted octanol–water partition coefficient (Wildman–Crippen LogP) is 4.23. The van der Waals surface area contributed by atoms with E-state index in [1.54, 1.807) is 0 Å². The quantitative estimate of drug-likeness (QED) is 0.553. The van der Waals surface area contributed by atoms with Crippen molar-refractivity contribution in [1.82, 2.24) is 14.8 Å². The van der Waals surface area contributed by atoms with Crippen molar-refractivity contribution < 1.29 is 9.53 Å². The molecule has 1 amide bonds. The van der Waals surface area contributed by atoms with E-state index in [1.807, 2.05) is 49.1 Å². The maximum atomic E-state index is 13.2. The summed E-state index contributed by atoms with van der Waals surface area (Å²) in [5.41, 5.74) is 0.928. The smallest absolute Gasteiger partial charge is 0.237 e. The molecule has 2 aliphatic rings. The first-order chi connectivity index (χ1) is 15.5. The highest BCUT2D eigenvalue weighted by atomic mass is 32.2. The van der Waals surface area contributed by atoms with E-state index < -0.39 is 0 Å². The number of nitrogens with zero attached hydrogens (tertiary/aromatic N) is 5. The molecule has 2 aliphatic heterocycles. The summed E-state index contributed by atoms with van der Waals surface area (Å²) in [6.07, 6.45) is 4.71. The zero-order valence-electron chi connectivity index (χ0n) is 19.4. The van der Waals surface area contributed by atoms with Gasteiger partial charge in [0.1, 0.15) is 0 Å². The summed E-state index contributed by atoms with van der Waals surface area (Å²) in [6.45, 7) is 9.99. The molecule has 8 heteroatoms. The van der Waals surface area contributed by atoms with E-state index in [1.165, 1.54) is 24.6 Å². The zero-order valence-corrected chi connectivity index (χ0v) is 20.3. The Morgan fingerprint density at radius 2 is 1.94 bits per heavy atom. The second-order valence-corrected chi connectivity index (χ2v) is 10.1. The molecule has 0 bridgehead atoms. The molecule has 1 atom stereocenters. The van der Waals surface area contributed by atoms with Gasteiger partial charge in [0.15, 0.2) is 5.16 Å². The number of hydrogen-bond acceptors (Lipinski definition) is 6. The third-order valence-electron chi connectivity index (χ3n) is 6.32. The maximum absolute atomic E-state index is 13.2. The van der Waals surface area contributed by atoms with Gasteiger partial charge in [0.25, 0.3) is 0 Å². The Balaban J connectivity index is 1.50. The molecule has 32 heavy (non-hydrogen) atoms. The third-order valence-corrected chi connectivity index (χ3v) is 7.27. The highest BCUT2D eigenvalue weighted by Gasteiger charge is 2.27. The Bertz CT molecular complexity index is 874. The van der Waals surface area contributed by atoms with E-state index in [-0.39, 0.29) is 18.1 Å². The minimum Gasteiger partial charge on any atom is -0.376 e. The van der Waals surface area contributed by atoms with Crippen LogP contribution >= 0.6 is 11.8 Å². The molecule has 2 aromatic rings. The number of hydrogen-bond donors (Lipinski definition) is 0. The van der Waals surface area contributed by atoms with Crippen LogP contribution in [0.1, 0.15) is 46.5 Å². The highest BCUT2D eigenvalue weighted by Crippen LogP contribution is 2.29. The number of piperidine rings is 1. The van der Waals surface area contributed by atoms with Crippen molar-refractivity contribution in [2.24, 2.45) is 5.92 Å². The number of benzene rings is 1. The molecule has 2 saturated heterocycles. The lowest BCUT2D eigenvalue weighted by Crippen LogP contribution is -2.38. The molecule has 1 aromatic heterocycles. The van der Waals surface area contributed by atoms with E-state index in [9.17, 15) is 4.79 Å². The molecule has 2 fully saturated rings. The molecule has 0 radical (unpaired) electrons. The Kier molecular flexibility index (Phi) is 7.73. The van der Waals surface area contributed by atoms with Gasteiger partial charge in [0, 0.05) is 31.4 Å². The van der Waals surface area contributed by atoms with Gasteiger partial charge >= 0.3 is 0 Å². The van der Waals surface area contributed by atoms with Gasteiger partial charge in [-0.2, -0.15) is 0 Å². The van der Waals surface area contributed by atoms with Crippen molar-refractivity contribution >= 4 is 29.3 Å². The molecule has 7 nitrogen and oxygen atoms in total. The van der Waals surface area contributed by atoms with E-state index in [0.717, 1.165) is 61.8 Å². The number of rotatable bonds is 8. The van der Waals surface area contributed by atoms with Crippen LogP contribution in [0.25, 0.3) is 0 Å². The topological polar surface area (TPSA) is 63.5 Å². The number of thioether (sulfide) groups is 1. The molecule has 0 N–H and O–H groups in total. The average molecular weight is 458 g/mol. The minimum absolute atomic E-state index is 0.0798. The lowest BCUT2D eigenvalue weighted by molar-refractivity contribution is -0.116. The van der Waals surface area contributed by atoms with Crippen molar-refractivity contribution in [1.29, 1.82) is 0 Å². The van der Waals surface area contributed by atoms with Gasteiger partial charge in [-0.25, -0.2) is 0 Å². The zero-order chi connectivity index (χ0) is 22.5.